The summed E-state index contributed by atoms with van der Waals surface area (Å²) in [5.41, 5.74) is 12.4. The van der Waals surface area contributed by atoms with Crippen LogP contribution in [0.5, 0.6) is 5.75 Å². The molecule has 0 fully saturated rings. The first-order valence-electron chi connectivity index (χ1n) is 4.68. The second-order valence-corrected chi connectivity index (χ2v) is 3.25. The number of pyridine rings is 1. The Morgan fingerprint density at radius 1 is 1.27 bits per heavy atom. The molecule has 0 aliphatic heterocycles. The van der Waals surface area contributed by atoms with E-state index in [0.717, 1.165) is 22.1 Å². The second kappa shape index (κ2) is 3.74. The van der Waals surface area contributed by atoms with Crippen LogP contribution in [-0.4, -0.2) is 12.1 Å². The van der Waals surface area contributed by atoms with Crippen molar-refractivity contribution in [3.05, 3.63) is 30.0 Å². The lowest BCUT2D eigenvalue weighted by molar-refractivity contribution is 0.415. The van der Waals surface area contributed by atoms with Crippen LogP contribution in [0, 0.1) is 0 Å². The smallest absolute Gasteiger partial charge is 0.131 e. The zero-order valence-electron chi connectivity index (χ0n) is 8.53. The van der Waals surface area contributed by atoms with Gasteiger partial charge < -0.3 is 16.2 Å². The molecule has 0 bridgehead atoms. The summed E-state index contributed by atoms with van der Waals surface area (Å²) in [5.74, 6) is 1.29. The Morgan fingerprint density at radius 2 is 2.07 bits per heavy atom. The molecule has 0 radical (unpaired) electrons. The molecule has 2 aromatic rings. The third kappa shape index (κ3) is 1.49. The average Bonchev–Trinajstić information content (AvgIpc) is 2.28. The maximum Gasteiger partial charge on any atom is 0.131 e. The van der Waals surface area contributed by atoms with Gasteiger partial charge in [0.2, 0.25) is 0 Å². The van der Waals surface area contributed by atoms with Crippen LogP contribution < -0.4 is 16.2 Å². The van der Waals surface area contributed by atoms with Crippen LogP contribution in [0.4, 0.5) is 5.82 Å². The summed E-state index contributed by atoms with van der Waals surface area (Å²) >= 11 is 0. The monoisotopic (exact) mass is 203 g/mol. The van der Waals surface area contributed by atoms with Crippen molar-refractivity contribution in [3.63, 3.8) is 0 Å². The van der Waals surface area contributed by atoms with Gasteiger partial charge in [-0.15, -0.1) is 0 Å². The second-order valence-electron chi connectivity index (χ2n) is 3.25. The molecule has 0 unspecified atom stereocenters. The van der Waals surface area contributed by atoms with E-state index in [4.69, 9.17) is 16.2 Å². The van der Waals surface area contributed by atoms with Crippen LogP contribution in [0.2, 0.25) is 0 Å². The predicted molar refractivity (Wildman–Crippen MR) is 60.6 cm³/mol. The topological polar surface area (TPSA) is 74.2 Å². The van der Waals surface area contributed by atoms with Crippen molar-refractivity contribution >= 4 is 16.6 Å². The molecule has 0 saturated carbocycles. The van der Waals surface area contributed by atoms with E-state index in [1.807, 2.05) is 18.2 Å². The van der Waals surface area contributed by atoms with Crippen LogP contribution in [0.3, 0.4) is 0 Å². The number of fused-ring (bicyclic) bond motifs is 1. The Kier molecular flexibility index (Phi) is 2.43. The molecular weight excluding hydrogens is 190 g/mol. The van der Waals surface area contributed by atoms with Crippen molar-refractivity contribution in [3.8, 4) is 5.75 Å². The highest BCUT2D eigenvalue weighted by Crippen LogP contribution is 2.31. The van der Waals surface area contributed by atoms with Crippen molar-refractivity contribution in [2.24, 2.45) is 5.73 Å². The minimum absolute atomic E-state index is 0.446. The van der Waals surface area contributed by atoms with Gasteiger partial charge in [-0.2, -0.15) is 0 Å². The fourth-order valence-corrected chi connectivity index (χ4v) is 1.70. The Morgan fingerprint density at radius 3 is 2.73 bits per heavy atom. The molecule has 0 atom stereocenters. The number of rotatable bonds is 2. The normalized spacial score (nSPS) is 10.5. The van der Waals surface area contributed by atoms with E-state index in [-0.39, 0.29) is 0 Å². The largest absolute Gasteiger partial charge is 0.496 e. The van der Waals surface area contributed by atoms with Crippen LogP contribution in [0.1, 0.15) is 5.56 Å². The van der Waals surface area contributed by atoms with Crippen molar-refractivity contribution in [1.82, 2.24) is 4.98 Å². The average molecular weight is 203 g/mol. The summed E-state index contributed by atoms with van der Waals surface area (Å²) in [6.07, 6.45) is 1.67. The Bertz CT molecular complexity index is 496. The third-order valence-electron chi connectivity index (χ3n) is 2.43. The summed E-state index contributed by atoms with van der Waals surface area (Å²) in [7, 11) is 1.63. The lowest BCUT2D eigenvalue weighted by Gasteiger charge is -2.10. The quantitative estimate of drug-likeness (QED) is 0.771. The minimum atomic E-state index is 0.446. The zero-order valence-corrected chi connectivity index (χ0v) is 8.53. The molecule has 1 aromatic carbocycles. The Balaban J connectivity index is 2.82. The van der Waals surface area contributed by atoms with Crippen LogP contribution >= 0.6 is 0 Å². The lowest BCUT2D eigenvalue weighted by atomic mass is 10.1. The molecule has 0 aliphatic rings. The number of nitrogen functional groups attached to an aromatic ring is 1. The maximum atomic E-state index is 5.77. The summed E-state index contributed by atoms with van der Waals surface area (Å²) in [5, 5.41) is 1.85. The van der Waals surface area contributed by atoms with E-state index < -0.39 is 0 Å². The van der Waals surface area contributed by atoms with Crippen molar-refractivity contribution in [2.75, 3.05) is 12.8 Å². The standard InChI is InChI=1S/C11H13N3O/c1-15-10-7(6-12)2-3-9-8(10)4-5-14-11(9)13/h2-5H,6,12H2,1H3,(H2,13,14). The fourth-order valence-electron chi connectivity index (χ4n) is 1.70. The number of anilines is 1. The molecular formula is C11H13N3O. The number of nitrogens with two attached hydrogens (primary N) is 2. The van der Waals surface area contributed by atoms with E-state index in [1.54, 1.807) is 13.3 Å². The number of methoxy groups -OCH3 is 1. The van der Waals surface area contributed by atoms with E-state index in [2.05, 4.69) is 4.98 Å². The molecule has 1 heterocycles. The molecule has 0 spiro atoms. The molecule has 0 saturated heterocycles. The van der Waals surface area contributed by atoms with Gasteiger partial charge in [0.05, 0.1) is 7.11 Å². The molecule has 4 heteroatoms. The zero-order chi connectivity index (χ0) is 10.8. The molecule has 2 rings (SSSR count). The Hall–Kier alpha value is -1.81. The molecule has 0 amide bonds. The number of hydrogen-bond donors (Lipinski definition) is 2. The van der Waals surface area contributed by atoms with Gasteiger partial charge in [-0.25, -0.2) is 4.98 Å². The van der Waals surface area contributed by atoms with Crippen molar-refractivity contribution < 1.29 is 4.74 Å². The van der Waals surface area contributed by atoms with E-state index >= 15 is 0 Å². The molecule has 4 N–H and O–H groups in total. The first-order chi connectivity index (χ1) is 7.27. The summed E-state index contributed by atoms with van der Waals surface area (Å²) in [6.45, 7) is 0.446. The predicted octanol–water partition coefficient (Wildman–Crippen LogP) is 1.28. The first kappa shape index (κ1) is 9.73. The van der Waals surface area contributed by atoms with E-state index in [0.29, 0.717) is 12.4 Å². The lowest BCUT2D eigenvalue weighted by Crippen LogP contribution is -2.01. The molecule has 1 aromatic heterocycles. The molecule has 78 valence electrons. The van der Waals surface area contributed by atoms with Crippen molar-refractivity contribution in [1.29, 1.82) is 0 Å². The highest BCUT2D eigenvalue weighted by atomic mass is 16.5. The third-order valence-corrected chi connectivity index (χ3v) is 2.43. The van der Waals surface area contributed by atoms with Gasteiger partial charge in [-0.1, -0.05) is 12.1 Å². The number of benzene rings is 1. The van der Waals surface area contributed by atoms with Gasteiger partial charge in [-0.05, 0) is 6.07 Å². The highest BCUT2D eigenvalue weighted by Gasteiger charge is 2.08. The first-order valence-corrected chi connectivity index (χ1v) is 4.68. The van der Waals surface area contributed by atoms with E-state index in [9.17, 15) is 0 Å². The maximum absolute atomic E-state index is 5.77. The van der Waals surface area contributed by atoms with Gasteiger partial charge >= 0.3 is 0 Å². The minimum Gasteiger partial charge on any atom is -0.496 e. The van der Waals surface area contributed by atoms with Crippen LogP contribution in [-0.2, 0) is 6.54 Å². The van der Waals surface area contributed by atoms with Crippen LogP contribution in [0.15, 0.2) is 24.4 Å². The molecule has 0 aliphatic carbocycles. The Labute approximate surface area is 87.9 Å². The van der Waals surface area contributed by atoms with E-state index in [1.165, 1.54) is 0 Å². The van der Waals surface area contributed by atoms with Gasteiger partial charge in [0, 0.05) is 29.1 Å². The van der Waals surface area contributed by atoms with Crippen LogP contribution in [0.25, 0.3) is 10.8 Å². The van der Waals surface area contributed by atoms with Crippen molar-refractivity contribution in [2.45, 2.75) is 6.54 Å². The highest BCUT2D eigenvalue weighted by molar-refractivity contribution is 5.95. The summed E-state index contributed by atoms with van der Waals surface area (Å²) in [6, 6.07) is 5.71. The number of ether oxygens (including phenoxy) is 1. The van der Waals surface area contributed by atoms with Gasteiger partial charge in [0.1, 0.15) is 11.6 Å². The number of hydrogen-bond acceptors (Lipinski definition) is 4. The van der Waals surface area contributed by atoms with Gasteiger partial charge in [-0.3, -0.25) is 0 Å². The van der Waals surface area contributed by atoms with Gasteiger partial charge in [0.25, 0.3) is 0 Å². The number of aromatic nitrogens is 1. The molecule has 15 heavy (non-hydrogen) atoms. The summed E-state index contributed by atoms with van der Waals surface area (Å²) in [4.78, 5) is 4.03. The molecule has 4 nitrogen and oxygen atoms in total. The SMILES string of the molecule is COc1c(CN)ccc2c(N)nccc12. The fraction of sp³-hybridized carbons (Fsp3) is 0.182. The number of nitrogens with zero attached hydrogens (tertiary/aromatic N) is 1. The summed E-state index contributed by atoms with van der Waals surface area (Å²) < 4.78 is 5.34. The van der Waals surface area contributed by atoms with Gasteiger partial charge in [0.15, 0.2) is 0 Å².